The van der Waals surface area contributed by atoms with Gasteiger partial charge in [-0.25, -0.2) is 0 Å². The fourth-order valence-corrected chi connectivity index (χ4v) is 3.55. The van der Waals surface area contributed by atoms with Crippen LogP contribution in [0.5, 0.6) is 0 Å². The van der Waals surface area contributed by atoms with E-state index in [4.69, 9.17) is 0 Å². The molecule has 3 heterocycles. The lowest BCUT2D eigenvalue weighted by atomic mass is 10.0. The Labute approximate surface area is 137 Å². The first-order valence-electron chi connectivity index (χ1n) is 8.65. The summed E-state index contributed by atoms with van der Waals surface area (Å²) in [6, 6.07) is 0. The highest BCUT2D eigenvalue weighted by Gasteiger charge is 2.34. The van der Waals surface area contributed by atoms with Gasteiger partial charge in [0.1, 0.15) is 0 Å². The van der Waals surface area contributed by atoms with E-state index in [9.17, 15) is 9.90 Å². The molecule has 1 N–H and O–H groups in total. The number of carbonyl (C=O) groups excluding carboxylic acids is 1. The standard InChI is InChI=1S/C17H26N4O2/c22-16-12-21(11-14(16)9-15-10-18-5-6-19-15)17(23)13-20-7-3-1-2-4-8-20/h5-6,10,14,16,22H,1-4,7-9,11-13H2. The fraction of sp³-hybridized carbons (Fsp3) is 0.706. The van der Waals surface area contributed by atoms with Crippen LogP contribution in [0.3, 0.4) is 0 Å². The predicted octanol–water partition coefficient (Wildman–Crippen LogP) is 0.714. The van der Waals surface area contributed by atoms with Crippen molar-refractivity contribution in [2.45, 2.75) is 38.2 Å². The largest absolute Gasteiger partial charge is 0.391 e. The number of hydrogen-bond acceptors (Lipinski definition) is 5. The molecule has 0 spiro atoms. The second-order valence-corrected chi connectivity index (χ2v) is 6.72. The highest BCUT2D eigenvalue weighted by molar-refractivity contribution is 5.78. The molecule has 23 heavy (non-hydrogen) atoms. The Hall–Kier alpha value is -1.53. The average molecular weight is 318 g/mol. The summed E-state index contributed by atoms with van der Waals surface area (Å²) in [6.45, 7) is 3.59. The maximum absolute atomic E-state index is 12.5. The molecule has 0 saturated carbocycles. The van der Waals surface area contributed by atoms with E-state index in [0.717, 1.165) is 18.8 Å². The van der Waals surface area contributed by atoms with Crippen LogP contribution in [0.25, 0.3) is 0 Å². The molecular formula is C17H26N4O2. The second-order valence-electron chi connectivity index (χ2n) is 6.72. The molecule has 2 unspecified atom stereocenters. The number of nitrogens with zero attached hydrogens (tertiary/aromatic N) is 4. The van der Waals surface area contributed by atoms with E-state index in [1.54, 1.807) is 18.6 Å². The van der Waals surface area contributed by atoms with Crippen molar-refractivity contribution < 1.29 is 9.90 Å². The zero-order valence-corrected chi connectivity index (χ0v) is 13.6. The third kappa shape index (κ3) is 4.48. The van der Waals surface area contributed by atoms with Crippen LogP contribution in [-0.2, 0) is 11.2 Å². The van der Waals surface area contributed by atoms with Gasteiger partial charge in [-0.1, -0.05) is 12.8 Å². The molecule has 6 heteroatoms. The lowest BCUT2D eigenvalue weighted by Crippen LogP contribution is -2.40. The predicted molar refractivity (Wildman–Crippen MR) is 86.7 cm³/mol. The van der Waals surface area contributed by atoms with Crippen molar-refractivity contribution in [3.8, 4) is 0 Å². The minimum atomic E-state index is -0.468. The summed E-state index contributed by atoms with van der Waals surface area (Å²) < 4.78 is 0. The van der Waals surface area contributed by atoms with Gasteiger partial charge < -0.3 is 10.0 Å². The van der Waals surface area contributed by atoms with E-state index in [1.165, 1.54) is 25.7 Å². The van der Waals surface area contributed by atoms with Gasteiger partial charge in [0.25, 0.3) is 0 Å². The highest BCUT2D eigenvalue weighted by atomic mass is 16.3. The molecule has 0 bridgehead atoms. The SMILES string of the molecule is O=C(CN1CCCCCC1)N1CC(O)C(Cc2cnccn2)C1. The summed E-state index contributed by atoms with van der Waals surface area (Å²) >= 11 is 0. The van der Waals surface area contributed by atoms with Gasteiger partial charge in [-0.15, -0.1) is 0 Å². The van der Waals surface area contributed by atoms with Gasteiger partial charge in [0.15, 0.2) is 0 Å². The minimum absolute atomic E-state index is 0.0554. The normalized spacial score (nSPS) is 26.2. The molecule has 0 radical (unpaired) electrons. The number of aliphatic hydroxyl groups is 1. The Morgan fingerprint density at radius 3 is 2.65 bits per heavy atom. The lowest BCUT2D eigenvalue weighted by Gasteiger charge is -2.23. The van der Waals surface area contributed by atoms with E-state index in [1.807, 2.05) is 4.90 Å². The van der Waals surface area contributed by atoms with Crippen LogP contribution in [0, 0.1) is 5.92 Å². The van der Waals surface area contributed by atoms with Crippen molar-refractivity contribution in [2.24, 2.45) is 5.92 Å². The van der Waals surface area contributed by atoms with Crippen LogP contribution in [0.2, 0.25) is 0 Å². The second kappa shape index (κ2) is 7.84. The summed E-state index contributed by atoms with van der Waals surface area (Å²) in [5, 5.41) is 10.3. The molecule has 6 nitrogen and oxygen atoms in total. The summed E-state index contributed by atoms with van der Waals surface area (Å²) in [5.41, 5.74) is 0.873. The molecular weight excluding hydrogens is 292 g/mol. The topological polar surface area (TPSA) is 69.6 Å². The quantitative estimate of drug-likeness (QED) is 0.886. The number of amides is 1. The van der Waals surface area contributed by atoms with Gasteiger partial charge in [0.2, 0.25) is 5.91 Å². The number of aliphatic hydroxyl groups excluding tert-OH is 1. The van der Waals surface area contributed by atoms with Crippen molar-refractivity contribution in [3.05, 3.63) is 24.3 Å². The summed E-state index contributed by atoms with van der Waals surface area (Å²) in [6.07, 6.45) is 10.2. The molecule has 0 aromatic carbocycles. The van der Waals surface area contributed by atoms with Crippen molar-refractivity contribution in [1.29, 1.82) is 0 Å². The number of likely N-dealkylation sites (tertiary alicyclic amines) is 2. The first kappa shape index (κ1) is 16.3. The van der Waals surface area contributed by atoms with E-state index in [-0.39, 0.29) is 11.8 Å². The van der Waals surface area contributed by atoms with Crippen LogP contribution in [0.15, 0.2) is 18.6 Å². The zero-order valence-electron chi connectivity index (χ0n) is 13.6. The zero-order chi connectivity index (χ0) is 16.1. The summed E-state index contributed by atoms with van der Waals surface area (Å²) in [4.78, 5) is 24.9. The Bertz CT molecular complexity index is 503. The molecule has 1 aromatic heterocycles. The first-order chi connectivity index (χ1) is 11.2. The molecule has 2 aliphatic rings. The third-order valence-electron chi connectivity index (χ3n) is 4.90. The molecule has 2 aliphatic heterocycles. The van der Waals surface area contributed by atoms with E-state index in [0.29, 0.717) is 26.1 Å². The first-order valence-corrected chi connectivity index (χ1v) is 8.65. The number of hydrogen-bond donors (Lipinski definition) is 1. The molecule has 1 aromatic rings. The molecule has 126 valence electrons. The van der Waals surface area contributed by atoms with Gasteiger partial charge in [-0.2, -0.15) is 0 Å². The van der Waals surface area contributed by atoms with Crippen molar-refractivity contribution in [2.75, 3.05) is 32.7 Å². The number of aromatic nitrogens is 2. The van der Waals surface area contributed by atoms with E-state index >= 15 is 0 Å². The van der Waals surface area contributed by atoms with Gasteiger partial charge >= 0.3 is 0 Å². The highest BCUT2D eigenvalue weighted by Crippen LogP contribution is 2.21. The molecule has 1 amide bonds. The van der Waals surface area contributed by atoms with Gasteiger partial charge in [0, 0.05) is 37.6 Å². The van der Waals surface area contributed by atoms with Gasteiger partial charge in [0.05, 0.1) is 18.3 Å². The van der Waals surface area contributed by atoms with Gasteiger partial charge in [-0.05, 0) is 32.4 Å². The van der Waals surface area contributed by atoms with E-state index < -0.39 is 6.10 Å². The van der Waals surface area contributed by atoms with Crippen molar-refractivity contribution in [3.63, 3.8) is 0 Å². The monoisotopic (exact) mass is 318 g/mol. The van der Waals surface area contributed by atoms with Crippen LogP contribution in [-0.4, -0.2) is 69.6 Å². The molecule has 0 aliphatic carbocycles. The smallest absolute Gasteiger partial charge is 0.236 e. The Morgan fingerprint density at radius 2 is 1.96 bits per heavy atom. The van der Waals surface area contributed by atoms with Crippen LogP contribution >= 0.6 is 0 Å². The summed E-state index contributed by atoms with van der Waals surface area (Å²) in [7, 11) is 0. The minimum Gasteiger partial charge on any atom is -0.391 e. The Kier molecular flexibility index (Phi) is 5.56. The Morgan fingerprint density at radius 1 is 1.17 bits per heavy atom. The molecule has 3 rings (SSSR count). The third-order valence-corrected chi connectivity index (χ3v) is 4.90. The van der Waals surface area contributed by atoms with Crippen molar-refractivity contribution >= 4 is 5.91 Å². The fourth-order valence-electron chi connectivity index (χ4n) is 3.55. The van der Waals surface area contributed by atoms with Crippen LogP contribution < -0.4 is 0 Å². The maximum Gasteiger partial charge on any atom is 0.236 e. The molecule has 2 atom stereocenters. The molecule has 2 saturated heterocycles. The van der Waals surface area contributed by atoms with Crippen LogP contribution in [0.1, 0.15) is 31.4 Å². The van der Waals surface area contributed by atoms with Gasteiger partial charge in [-0.3, -0.25) is 19.7 Å². The average Bonchev–Trinajstić information content (AvgIpc) is 2.75. The number of β-amino-alcohol motifs (C(OH)–C–C–N with tert-alkyl or cyclic N) is 1. The maximum atomic E-state index is 12.5. The number of carbonyl (C=O) groups is 1. The number of rotatable bonds is 4. The molecule has 2 fully saturated rings. The van der Waals surface area contributed by atoms with Crippen molar-refractivity contribution in [1.82, 2.24) is 19.8 Å². The van der Waals surface area contributed by atoms with E-state index in [2.05, 4.69) is 14.9 Å². The lowest BCUT2D eigenvalue weighted by molar-refractivity contribution is -0.131. The summed E-state index contributed by atoms with van der Waals surface area (Å²) in [5.74, 6) is 0.201. The Balaban J connectivity index is 1.52. The van der Waals surface area contributed by atoms with Crippen LogP contribution in [0.4, 0.5) is 0 Å².